The van der Waals surface area contributed by atoms with Gasteiger partial charge in [0.05, 0.1) is 22.9 Å². The molecule has 0 saturated heterocycles. The van der Waals surface area contributed by atoms with E-state index in [4.69, 9.17) is 5.26 Å². The first-order valence-electron chi connectivity index (χ1n) is 8.81. The lowest BCUT2D eigenvalue weighted by molar-refractivity contribution is 0.0957. The molecule has 4 aromatic rings. The molecular weight excluding hydrogens is 384 g/mol. The van der Waals surface area contributed by atoms with E-state index in [1.54, 1.807) is 30.6 Å². The van der Waals surface area contributed by atoms with Crippen LogP contribution in [-0.2, 0) is 6.42 Å². The summed E-state index contributed by atoms with van der Waals surface area (Å²) in [5.41, 5.74) is 4.72. The summed E-state index contributed by atoms with van der Waals surface area (Å²) in [5, 5.41) is 8.91. The molecule has 0 radical (unpaired) electrons. The van der Waals surface area contributed by atoms with Crippen molar-refractivity contribution in [3.8, 4) is 17.3 Å². The molecule has 0 aliphatic rings. The van der Waals surface area contributed by atoms with Crippen molar-refractivity contribution in [2.45, 2.75) is 6.42 Å². The summed E-state index contributed by atoms with van der Waals surface area (Å²) in [5.74, 6) is -0.173. The van der Waals surface area contributed by atoms with Crippen LogP contribution in [0.15, 0.2) is 85.5 Å². The number of aromatic nitrogens is 3. The number of halogens is 1. The third-order valence-electron chi connectivity index (χ3n) is 4.48. The minimum Gasteiger partial charge on any atom is -0.269 e. The second kappa shape index (κ2) is 8.96. The highest BCUT2D eigenvalue weighted by atomic mass is 35.5. The maximum Gasteiger partial charge on any atom is 0.264 e. The Balaban J connectivity index is 0.00000240. The number of hydrogen-bond donors (Lipinski definition) is 0. The first kappa shape index (κ1) is 20.0. The molecule has 4 rings (SSSR count). The first-order chi connectivity index (χ1) is 13.7. The van der Waals surface area contributed by atoms with Crippen LogP contribution in [0, 0.1) is 11.3 Å². The lowest BCUT2D eigenvalue weighted by Gasteiger charge is -2.08. The second-order valence-corrected chi connectivity index (χ2v) is 6.34. The molecule has 0 aliphatic heterocycles. The van der Waals surface area contributed by atoms with Crippen molar-refractivity contribution >= 4 is 18.3 Å². The second-order valence-electron chi connectivity index (χ2n) is 6.34. The number of nitrogens with zero attached hydrogens (tertiary/aromatic N) is 4. The molecule has 0 aliphatic carbocycles. The molecule has 0 saturated carbocycles. The van der Waals surface area contributed by atoms with Crippen molar-refractivity contribution in [2.75, 3.05) is 0 Å². The molecular formula is C23H17ClN4O. The number of rotatable bonds is 4. The van der Waals surface area contributed by atoms with E-state index >= 15 is 0 Å². The summed E-state index contributed by atoms with van der Waals surface area (Å²) in [7, 11) is 0. The number of nitriles is 1. The molecule has 2 aromatic carbocycles. The molecule has 0 atom stereocenters. The van der Waals surface area contributed by atoms with E-state index in [1.165, 1.54) is 10.9 Å². The van der Waals surface area contributed by atoms with Crippen molar-refractivity contribution in [3.63, 3.8) is 0 Å². The van der Waals surface area contributed by atoms with Gasteiger partial charge in [0.1, 0.15) is 6.33 Å². The van der Waals surface area contributed by atoms with Gasteiger partial charge in [0, 0.05) is 30.1 Å². The van der Waals surface area contributed by atoms with Gasteiger partial charge < -0.3 is 0 Å². The van der Waals surface area contributed by atoms with Crippen molar-refractivity contribution in [3.05, 3.63) is 108 Å². The van der Waals surface area contributed by atoms with E-state index in [0.717, 1.165) is 22.5 Å². The Morgan fingerprint density at radius 3 is 2.38 bits per heavy atom. The van der Waals surface area contributed by atoms with Crippen molar-refractivity contribution in [2.24, 2.45) is 0 Å². The molecule has 0 unspecified atom stereocenters. The van der Waals surface area contributed by atoms with Gasteiger partial charge in [0.2, 0.25) is 0 Å². The summed E-state index contributed by atoms with van der Waals surface area (Å²) in [6, 6.07) is 22.9. The minimum absolute atomic E-state index is 0. The van der Waals surface area contributed by atoms with Crippen molar-refractivity contribution in [1.82, 2.24) is 14.5 Å². The van der Waals surface area contributed by atoms with Crippen LogP contribution in [0.2, 0.25) is 0 Å². The Bertz CT molecular complexity index is 1140. The Hall–Kier alpha value is -3.75. The topological polar surface area (TPSA) is 71.6 Å². The predicted molar refractivity (Wildman–Crippen MR) is 113 cm³/mol. The van der Waals surface area contributed by atoms with Gasteiger partial charge in [-0.25, -0.2) is 4.98 Å². The van der Waals surface area contributed by atoms with Crippen LogP contribution in [0.1, 0.15) is 27.2 Å². The van der Waals surface area contributed by atoms with Gasteiger partial charge in [0.15, 0.2) is 0 Å². The van der Waals surface area contributed by atoms with Crippen molar-refractivity contribution < 1.29 is 4.79 Å². The molecule has 29 heavy (non-hydrogen) atoms. The van der Waals surface area contributed by atoms with E-state index < -0.39 is 0 Å². The molecule has 2 heterocycles. The summed E-state index contributed by atoms with van der Waals surface area (Å²) >= 11 is 0. The maximum absolute atomic E-state index is 12.9. The van der Waals surface area contributed by atoms with E-state index in [2.05, 4.69) is 16.0 Å². The molecule has 0 bridgehead atoms. The summed E-state index contributed by atoms with van der Waals surface area (Å²) < 4.78 is 1.54. The summed E-state index contributed by atoms with van der Waals surface area (Å²) in [4.78, 5) is 21.5. The average Bonchev–Trinajstić information content (AvgIpc) is 3.22. The van der Waals surface area contributed by atoms with Crippen molar-refractivity contribution in [1.29, 1.82) is 5.26 Å². The third-order valence-corrected chi connectivity index (χ3v) is 4.48. The van der Waals surface area contributed by atoms with E-state index in [0.29, 0.717) is 17.5 Å². The van der Waals surface area contributed by atoms with Gasteiger partial charge in [-0.05, 0) is 29.8 Å². The monoisotopic (exact) mass is 400 g/mol. The SMILES string of the molecule is Cl.N#Cc1ccc(Cc2cncn2C(=O)c2ccc(-c3ccccc3)nc2)cc1. The van der Waals surface area contributed by atoms with Gasteiger partial charge in [-0.15, -0.1) is 12.4 Å². The van der Waals surface area contributed by atoms with Crippen LogP contribution in [0.5, 0.6) is 0 Å². The van der Waals surface area contributed by atoms with E-state index in [-0.39, 0.29) is 18.3 Å². The van der Waals surface area contributed by atoms with Gasteiger partial charge in [-0.1, -0.05) is 42.5 Å². The largest absolute Gasteiger partial charge is 0.269 e. The Labute approximate surface area is 174 Å². The first-order valence-corrected chi connectivity index (χ1v) is 8.81. The fraction of sp³-hybridized carbons (Fsp3) is 0.0435. The molecule has 0 amide bonds. The number of carbonyl (C=O) groups is 1. The quantitative estimate of drug-likeness (QED) is 0.505. The number of hydrogen-bond acceptors (Lipinski definition) is 4. The Kier molecular flexibility index (Phi) is 6.18. The Morgan fingerprint density at radius 2 is 1.72 bits per heavy atom. The van der Waals surface area contributed by atoms with E-state index in [1.807, 2.05) is 48.5 Å². The molecule has 5 nitrogen and oxygen atoms in total. The van der Waals surface area contributed by atoms with Crippen LogP contribution in [0.3, 0.4) is 0 Å². The highest BCUT2D eigenvalue weighted by Crippen LogP contribution is 2.17. The highest BCUT2D eigenvalue weighted by Gasteiger charge is 2.14. The molecule has 6 heteroatoms. The minimum atomic E-state index is -0.173. The normalized spacial score (nSPS) is 10.0. The molecule has 0 spiro atoms. The molecule has 0 N–H and O–H groups in total. The van der Waals surface area contributed by atoms with Gasteiger partial charge >= 0.3 is 0 Å². The standard InChI is InChI=1S/C23H16N4O.ClH/c24-13-18-8-6-17(7-9-18)12-21-15-25-16-27(21)23(28)20-10-11-22(26-14-20)19-4-2-1-3-5-19;/h1-11,14-16H,12H2;1H. The summed E-state index contributed by atoms with van der Waals surface area (Å²) in [6.07, 6.45) is 5.34. The average molecular weight is 401 g/mol. The molecule has 142 valence electrons. The predicted octanol–water partition coefficient (Wildman–Crippen LogP) is 4.52. The fourth-order valence-corrected chi connectivity index (χ4v) is 2.98. The summed E-state index contributed by atoms with van der Waals surface area (Å²) in [6.45, 7) is 0. The van der Waals surface area contributed by atoms with E-state index in [9.17, 15) is 4.79 Å². The number of carbonyl (C=O) groups excluding carboxylic acids is 1. The fourth-order valence-electron chi connectivity index (χ4n) is 2.98. The van der Waals surface area contributed by atoms with Crippen LogP contribution >= 0.6 is 12.4 Å². The highest BCUT2D eigenvalue weighted by molar-refractivity contribution is 5.96. The smallest absolute Gasteiger partial charge is 0.264 e. The van der Waals surface area contributed by atoms with Gasteiger partial charge in [-0.3, -0.25) is 14.3 Å². The van der Waals surface area contributed by atoms with Crippen LogP contribution in [0.4, 0.5) is 0 Å². The lowest BCUT2D eigenvalue weighted by atomic mass is 10.1. The van der Waals surface area contributed by atoms with Gasteiger partial charge in [0.25, 0.3) is 5.91 Å². The Morgan fingerprint density at radius 1 is 0.966 bits per heavy atom. The number of pyridine rings is 1. The lowest BCUT2D eigenvalue weighted by Crippen LogP contribution is -2.14. The van der Waals surface area contributed by atoms with Gasteiger partial charge in [-0.2, -0.15) is 5.26 Å². The van der Waals surface area contributed by atoms with Crippen LogP contribution < -0.4 is 0 Å². The number of imidazole rings is 1. The molecule has 0 fully saturated rings. The van der Waals surface area contributed by atoms with Crippen LogP contribution in [0.25, 0.3) is 11.3 Å². The zero-order valence-electron chi connectivity index (χ0n) is 15.4. The molecule has 2 aromatic heterocycles. The maximum atomic E-state index is 12.9. The van der Waals surface area contributed by atoms with Crippen LogP contribution in [-0.4, -0.2) is 20.4 Å². The third kappa shape index (κ3) is 4.40. The zero-order chi connectivity index (χ0) is 19.3. The number of benzene rings is 2. The zero-order valence-corrected chi connectivity index (χ0v) is 16.2.